The van der Waals surface area contributed by atoms with Crippen LogP contribution in [0.25, 0.3) is 0 Å². The van der Waals surface area contributed by atoms with Crippen molar-refractivity contribution in [3.05, 3.63) is 35.6 Å². The zero-order chi connectivity index (χ0) is 15.9. The average Bonchev–Trinajstić information content (AvgIpc) is 2.93. The summed E-state index contributed by atoms with van der Waals surface area (Å²) in [5, 5.41) is 0. The second kappa shape index (κ2) is 5.62. The molecule has 5 nitrogen and oxygen atoms in total. The van der Waals surface area contributed by atoms with Crippen molar-refractivity contribution in [3.8, 4) is 0 Å². The number of carbonyl (C=O) groups is 1. The van der Waals surface area contributed by atoms with Gasteiger partial charge in [0.25, 0.3) is 0 Å². The van der Waals surface area contributed by atoms with Crippen molar-refractivity contribution in [1.29, 1.82) is 0 Å². The van der Waals surface area contributed by atoms with Crippen molar-refractivity contribution < 1.29 is 17.6 Å². The standard InChI is InChI=1S/C15H19FN2O3S/c1-11-15(19)17-8-2-3-14(17)9-18(11)22(20,21)10-12-4-6-13(16)7-5-12/h4-7,11,14H,2-3,8-10H2,1H3/t11-,14-/m0/s1. The Bertz CT molecular complexity index is 675. The van der Waals surface area contributed by atoms with Gasteiger partial charge >= 0.3 is 0 Å². The molecule has 1 aromatic rings. The molecule has 0 aromatic heterocycles. The van der Waals surface area contributed by atoms with Crippen molar-refractivity contribution in [2.45, 2.75) is 37.6 Å². The minimum absolute atomic E-state index is 0.00769. The van der Waals surface area contributed by atoms with E-state index >= 15 is 0 Å². The summed E-state index contributed by atoms with van der Waals surface area (Å²) < 4.78 is 39.5. The zero-order valence-electron chi connectivity index (χ0n) is 12.4. The number of nitrogens with zero attached hydrogens (tertiary/aromatic N) is 2. The summed E-state index contributed by atoms with van der Waals surface area (Å²) in [6.07, 6.45) is 1.77. The Morgan fingerprint density at radius 3 is 2.64 bits per heavy atom. The third kappa shape index (κ3) is 2.75. The molecule has 2 aliphatic rings. The molecule has 0 N–H and O–H groups in total. The summed E-state index contributed by atoms with van der Waals surface area (Å²) in [7, 11) is -3.61. The van der Waals surface area contributed by atoms with Gasteiger partial charge in [-0.05, 0) is 37.5 Å². The van der Waals surface area contributed by atoms with Gasteiger partial charge in [-0.15, -0.1) is 0 Å². The largest absolute Gasteiger partial charge is 0.337 e. The van der Waals surface area contributed by atoms with Gasteiger partial charge in [0.15, 0.2) is 0 Å². The van der Waals surface area contributed by atoms with Crippen LogP contribution in [0.3, 0.4) is 0 Å². The number of amides is 1. The topological polar surface area (TPSA) is 57.7 Å². The van der Waals surface area contributed by atoms with Gasteiger partial charge in [0.05, 0.1) is 5.75 Å². The lowest BCUT2D eigenvalue weighted by molar-refractivity contribution is -0.139. The van der Waals surface area contributed by atoms with Crippen LogP contribution >= 0.6 is 0 Å². The number of piperazine rings is 1. The molecule has 0 saturated carbocycles. The molecule has 0 unspecified atom stereocenters. The summed E-state index contributed by atoms with van der Waals surface area (Å²) >= 11 is 0. The molecule has 1 aromatic carbocycles. The Kier molecular flexibility index (Phi) is 3.94. The van der Waals surface area contributed by atoms with Gasteiger partial charge in [0.1, 0.15) is 11.9 Å². The molecule has 22 heavy (non-hydrogen) atoms. The first-order valence-electron chi connectivity index (χ1n) is 7.43. The Morgan fingerprint density at radius 1 is 1.27 bits per heavy atom. The number of hydrogen-bond acceptors (Lipinski definition) is 3. The van der Waals surface area contributed by atoms with Crippen LogP contribution in [0.15, 0.2) is 24.3 Å². The zero-order valence-corrected chi connectivity index (χ0v) is 13.2. The smallest absolute Gasteiger partial charge is 0.241 e. The van der Waals surface area contributed by atoms with Crippen LogP contribution in [0, 0.1) is 5.82 Å². The fourth-order valence-electron chi connectivity index (χ4n) is 3.27. The van der Waals surface area contributed by atoms with E-state index < -0.39 is 21.9 Å². The molecule has 2 heterocycles. The van der Waals surface area contributed by atoms with Gasteiger partial charge < -0.3 is 4.90 Å². The first-order chi connectivity index (χ1) is 10.4. The number of halogens is 1. The molecule has 0 aliphatic carbocycles. The molecule has 0 radical (unpaired) electrons. The van der Waals surface area contributed by atoms with E-state index in [-0.39, 0.29) is 17.7 Å². The number of rotatable bonds is 3. The van der Waals surface area contributed by atoms with Gasteiger partial charge in [-0.2, -0.15) is 4.31 Å². The average molecular weight is 326 g/mol. The van der Waals surface area contributed by atoms with E-state index in [4.69, 9.17) is 0 Å². The highest BCUT2D eigenvalue weighted by Crippen LogP contribution is 2.28. The molecule has 2 fully saturated rings. The van der Waals surface area contributed by atoms with Gasteiger partial charge in [0, 0.05) is 19.1 Å². The highest BCUT2D eigenvalue weighted by molar-refractivity contribution is 7.88. The van der Waals surface area contributed by atoms with E-state index in [9.17, 15) is 17.6 Å². The molecule has 1 amide bonds. The summed E-state index contributed by atoms with van der Waals surface area (Å²) in [5.74, 6) is -0.724. The summed E-state index contributed by atoms with van der Waals surface area (Å²) in [6, 6.07) is 4.74. The van der Waals surface area contributed by atoms with Crippen LogP contribution in [0.4, 0.5) is 4.39 Å². The predicted molar refractivity (Wildman–Crippen MR) is 79.9 cm³/mol. The normalized spacial score (nSPS) is 26.3. The molecule has 0 bridgehead atoms. The van der Waals surface area contributed by atoms with Gasteiger partial charge in [0.2, 0.25) is 15.9 Å². The Hall–Kier alpha value is -1.47. The third-order valence-electron chi connectivity index (χ3n) is 4.46. The quantitative estimate of drug-likeness (QED) is 0.842. The minimum Gasteiger partial charge on any atom is -0.337 e. The van der Waals surface area contributed by atoms with Gasteiger partial charge in [-0.3, -0.25) is 4.79 Å². The Labute approximate surface area is 129 Å². The summed E-state index contributed by atoms with van der Waals surface area (Å²) in [4.78, 5) is 14.1. The van der Waals surface area contributed by atoms with E-state index in [1.807, 2.05) is 0 Å². The van der Waals surface area contributed by atoms with Crippen molar-refractivity contribution in [3.63, 3.8) is 0 Å². The summed E-state index contributed by atoms with van der Waals surface area (Å²) in [5.41, 5.74) is 0.523. The fourth-order valence-corrected chi connectivity index (χ4v) is 5.02. The lowest BCUT2D eigenvalue weighted by Crippen LogP contribution is -2.60. The van der Waals surface area contributed by atoms with E-state index in [0.29, 0.717) is 12.1 Å². The van der Waals surface area contributed by atoms with Crippen LogP contribution in [-0.2, 0) is 20.6 Å². The molecule has 3 rings (SSSR count). The number of hydrogen-bond donors (Lipinski definition) is 0. The molecule has 2 atom stereocenters. The molecule has 2 aliphatic heterocycles. The molecular weight excluding hydrogens is 307 g/mol. The lowest BCUT2D eigenvalue weighted by atomic mass is 10.1. The Morgan fingerprint density at radius 2 is 1.95 bits per heavy atom. The maximum atomic E-state index is 12.9. The maximum Gasteiger partial charge on any atom is 0.241 e. The van der Waals surface area contributed by atoms with Crippen LogP contribution in [-0.4, -0.2) is 48.7 Å². The van der Waals surface area contributed by atoms with E-state index in [1.165, 1.54) is 28.6 Å². The minimum atomic E-state index is -3.61. The second-order valence-electron chi connectivity index (χ2n) is 5.96. The van der Waals surface area contributed by atoms with Crippen LogP contribution in [0.5, 0.6) is 0 Å². The first-order valence-corrected chi connectivity index (χ1v) is 9.04. The van der Waals surface area contributed by atoms with Gasteiger partial charge in [-0.25, -0.2) is 12.8 Å². The van der Waals surface area contributed by atoms with Crippen molar-refractivity contribution in [2.75, 3.05) is 13.1 Å². The van der Waals surface area contributed by atoms with Crippen LogP contribution in [0.2, 0.25) is 0 Å². The SMILES string of the molecule is C[C@H]1C(=O)N2CCC[C@H]2CN1S(=O)(=O)Cc1ccc(F)cc1. The maximum absolute atomic E-state index is 12.9. The molecule has 0 spiro atoms. The Balaban J connectivity index is 1.82. The molecule has 120 valence electrons. The van der Waals surface area contributed by atoms with Crippen molar-refractivity contribution in [1.82, 2.24) is 9.21 Å². The van der Waals surface area contributed by atoms with Gasteiger partial charge in [-0.1, -0.05) is 12.1 Å². The third-order valence-corrected chi connectivity index (χ3v) is 6.34. The van der Waals surface area contributed by atoms with Crippen molar-refractivity contribution >= 4 is 15.9 Å². The summed E-state index contributed by atoms with van der Waals surface area (Å²) in [6.45, 7) is 2.72. The fraction of sp³-hybridized carbons (Fsp3) is 0.533. The van der Waals surface area contributed by atoms with Crippen LogP contribution in [0.1, 0.15) is 25.3 Å². The number of sulfonamides is 1. The number of carbonyl (C=O) groups excluding carboxylic acids is 1. The van der Waals surface area contributed by atoms with Crippen molar-refractivity contribution in [2.24, 2.45) is 0 Å². The number of fused-ring (bicyclic) bond motifs is 1. The monoisotopic (exact) mass is 326 g/mol. The molecule has 7 heteroatoms. The first kappa shape index (κ1) is 15.4. The lowest BCUT2D eigenvalue weighted by Gasteiger charge is -2.40. The molecular formula is C15H19FN2O3S. The van der Waals surface area contributed by atoms with Crippen LogP contribution < -0.4 is 0 Å². The highest BCUT2D eigenvalue weighted by Gasteiger charge is 2.44. The second-order valence-corrected chi connectivity index (χ2v) is 7.88. The van der Waals surface area contributed by atoms with E-state index in [2.05, 4.69) is 0 Å². The van der Waals surface area contributed by atoms with E-state index in [0.717, 1.165) is 19.4 Å². The number of benzene rings is 1. The highest BCUT2D eigenvalue weighted by atomic mass is 32.2. The predicted octanol–water partition coefficient (Wildman–Crippen LogP) is 1.35. The van der Waals surface area contributed by atoms with E-state index in [1.54, 1.807) is 11.8 Å². The molecule has 2 saturated heterocycles.